The summed E-state index contributed by atoms with van der Waals surface area (Å²) in [6, 6.07) is 14.9. The minimum absolute atomic E-state index is 0.0650. The van der Waals surface area contributed by atoms with Crippen molar-refractivity contribution >= 4 is 56.8 Å². The van der Waals surface area contributed by atoms with Crippen molar-refractivity contribution in [1.29, 1.82) is 0 Å². The molecule has 1 fully saturated rings. The Morgan fingerprint density at radius 3 is 2.25 bits per heavy atom. The van der Waals surface area contributed by atoms with E-state index < -0.39 is 0 Å². The van der Waals surface area contributed by atoms with Crippen LogP contribution in [0.3, 0.4) is 0 Å². The van der Waals surface area contributed by atoms with Crippen molar-refractivity contribution in [1.82, 2.24) is 40.2 Å². The summed E-state index contributed by atoms with van der Waals surface area (Å²) in [6.45, 7) is 2.38. The first-order valence-corrected chi connectivity index (χ1v) is 17.0. The fraction of sp³-hybridized carbons (Fsp3) is 0.154. The van der Waals surface area contributed by atoms with Gasteiger partial charge in [0.25, 0.3) is 0 Å². The zero-order valence-corrected chi connectivity index (χ0v) is 28.8. The van der Waals surface area contributed by atoms with Gasteiger partial charge in [0.15, 0.2) is 0 Å². The molecule has 7 aromatic heterocycles. The second kappa shape index (κ2) is 13.9. The third-order valence-corrected chi connectivity index (χ3v) is 9.37. The van der Waals surface area contributed by atoms with E-state index in [0.717, 1.165) is 56.1 Å². The molecule has 262 valence electrons. The number of carbonyl (C=O) groups excluding carboxylic acids is 2. The lowest BCUT2D eigenvalue weighted by Gasteiger charge is -2.15. The molecule has 2 atom stereocenters. The highest BCUT2D eigenvalue weighted by molar-refractivity contribution is 6.00. The first-order valence-electron chi connectivity index (χ1n) is 17.0. The number of aryl methyl sites for hydroxylation is 1. The van der Waals surface area contributed by atoms with E-state index in [-0.39, 0.29) is 23.8 Å². The van der Waals surface area contributed by atoms with Gasteiger partial charge in [-0.3, -0.25) is 25.1 Å². The molecule has 0 unspecified atom stereocenters. The maximum atomic E-state index is 13.2. The summed E-state index contributed by atoms with van der Waals surface area (Å²) >= 11 is 0. The second-order valence-electron chi connectivity index (χ2n) is 12.8. The Balaban J connectivity index is 1.10. The zero-order chi connectivity index (χ0) is 36.5. The van der Waals surface area contributed by atoms with Crippen LogP contribution in [0.1, 0.15) is 29.0 Å². The van der Waals surface area contributed by atoms with Crippen LogP contribution in [0.5, 0.6) is 0 Å². The maximum Gasteiger partial charge on any atom is 0.320 e. The van der Waals surface area contributed by atoms with Crippen LogP contribution in [0.25, 0.3) is 44.1 Å². The SMILES string of the molecule is CNC(=O)Nc1cc2cc(-c3cnccc3CNc3nc(-c4cnccc4C)cc4cc(NC(=O)[C@@H]5C[C@H]5c5cccnc5)ncc34)nc(N)c2cn1. The van der Waals surface area contributed by atoms with Gasteiger partial charge in [0.05, 0.1) is 11.4 Å². The van der Waals surface area contributed by atoms with Gasteiger partial charge < -0.3 is 21.7 Å². The average Bonchev–Trinajstić information content (AvgIpc) is 3.99. The van der Waals surface area contributed by atoms with Gasteiger partial charge >= 0.3 is 6.03 Å². The fourth-order valence-corrected chi connectivity index (χ4v) is 6.44. The molecular formula is C39H34N12O2. The Bertz CT molecular complexity index is 2530. The summed E-state index contributed by atoms with van der Waals surface area (Å²) in [4.78, 5) is 56.7. The number of rotatable bonds is 9. The van der Waals surface area contributed by atoms with Crippen LogP contribution in [0.15, 0.2) is 98.1 Å². The Morgan fingerprint density at radius 2 is 1.49 bits per heavy atom. The van der Waals surface area contributed by atoms with Crippen molar-refractivity contribution in [2.24, 2.45) is 5.92 Å². The second-order valence-corrected chi connectivity index (χ2v) is 12.8. The fourth-order valence-electron chi connectivity index (χ4n) is 6.44. The molecule has 53 heavy (non-hydrogen) atoms. The van der Waals surface area contributed by atoms with Crippen molar-refractivity contribution in [2.75, 3.05) is 28.7 Å². The number of nitrogens with zero attached hydrogens (tertiary/aromatic N) is 7. The molecule has 1 aliphatic carbocycles. The summed E-state index contributed by atoms with van der Waals surface area (Å²) < 4.78 is 0. The van der Waals surface area contributed by atoms with Gasteiger partial charge in [0.2, 0.25) is 5.91 Å². The molecule has 7 aromatic rings. The van der Waals surface area contributed by atoms with E-state index >= 15 is 0 Å². The lowest BCUT2D eigenvalue weighted by atomic mass is 10.0. The largest absolute Gasteiger partial charge is 0.383 e. The van der Waals surface area contributed by atoms with Crippen molar-refractivity contribution in [3.05, 3.63) is 115 Å². The van der Waals surface area contributed by atoms with Crippen LogP contribution in [-0.4, -0.2) is 53.9 Å². The first kappa shape index (κ1) is 33.1. The van der Waals surface area contributed by atoms with E-state index in [4.69, 9.17) is 10.7 Å². The Kier molecular flexibility index (Phi) is 8.68. The van der Waals surface area contributed by atoms with Crippen molar-refractivity contribution in [3.8, 4) is 22.5 Å². The number of amides is 3. The first-order chi connectivity index (χ1) is 25.8. The molecule has 0 saturated heterocycles. The summed E-state index contributed by atoms with van der Waals surface area (Å²) in [5, 5.41) is 14.8. The quantitative estimate of drug-likeness (QED) is 0.117. The number of hydrogen-bond acceptors (Lipinski definition) is 11. The number of nitrogen functional groups attached to an aromatic ring is 1. The Labute approximate surface area is 303 Å². The molecule has 1 aliphatic rings. The monoisotopic (exact) mass is 702 g/mol. The molecular weight excluding hydrogens is 669 g/mol. The number of carbonyl (C=O) groups is 2. The number of nitrogens with two attached hydrogens (primary N) is 1. The number of pyridine rings is 7. The average molecular weight is 703 g/mol. The van der Waals surface area contributed by atoms with Crippen molar-refractivity contribution in [2.45, 2.75) is 25.8 Å². The van der Waals surface area contributed by atoms with E-state index in [0.29, 0.717) is 40.9 Å². The molecule has 0 radical (unpaired) electrons. The summed E-state index contributed by atoms with van der Waals surface area (Å²) in [5.41, 5.74) is 12.4. The minimum atomic E-state index is -0.381. The molecule has 0 aromatic carbocycles. The molecule has 14 nitrogen and oxygen atoms in total. The lowest BCUT2D eigenvalue weighted by molar-refractivity contribution is -0.117. The van der Waals surface area contributed by atoms with E-state index in [2.05, 4.69) is 51.2 Å². The van der Waals surface area contributed by atoms with E-state index in [1.807, 2.05) is 55.6 Å². The van der Waals surface area contributed by atoms with E-state index in [1.165, 1.54) is 7.05 Å². The summed E-state index contributed by atoms with van der Waals surface area (Å²) in [6.07, 6.45) is 14.6. The highest BCUT2D eigenvalue weighted by Gasteiger charge is 2.44. The number of hydrogen-bond donors (Lipinski definition) is 5. The lowest BCUT2D eigenvalue weighted by Crippen LogP contribution is -2.24. The van der Waals surface area contributed by atoms with Crippen LogP contribution in [0.4, 0.5) is 28.1 Å². The third kappa shape index (κ3) is 6.85. The van der Waals surface area contributed by atoms with Gasteiger partial charge in [-0.1, -0.05) is 6.07 Å². The van der Waals surface area contributed by atoms with Crippen LogP contribution < -0.4 is 27.0 Å². The van der Waals surface area contributed by atoms with Crippen LogP contribution in [0.2, 0.25) is 0 Å². The normalized spacial score (nSPS) is 14.8. The molecule has 0 bridgehead atoms. The molecule has 8 rings (SSSR count). The zero-order valence-electron chi connectivity index (χ0n) is 28.8. The maximum absolute atomic E-state index is 13.2. The molecule has 0 spiro atoms. The molecule has 0 aliphatic heterocycles. The van der Waals surface area contributed by atoms with Crippen LogP contribution >= 0.6 is 0 Å². The Morgan fingerprint density at radius 1 is 0.792 bits per heavy atom. The summed E-state index contributed by atoms with van der Waals surface area (Å²) in [5.74, 6) is 1.71. The van der Waals surface area contributed by atoms with Gasteiger partial charge in [-0.25, -0.2) is 24.7 Å². The van der Waals surface area contributed by atoms with Crippen LogP contribution in [0, 0.1) is 12.8 Å². The molecule has 14 heteroatoms. The van der Waals surface area contributed by atoms with E-state index in [1.54, 1.807) is 49.4 Å². The topological polar surface area (TPSA) is 199 Å². The van der Waals surface area contributed by atoms with Crippen LogP contribution in [-0.2, 0) is 11.3 Å². The molecule has 7 heterocycles. The molecule has 6 N–H and O–H groups in total. The van der Waals surface area contributed by atoms with Crippen molar-refractivity contribution in [3.63, 3.8) is 0 Å². The number of urea groups is 1. The molecule has 3 amide bonds. The number of anilines is 4. The number of aromatic nitrogens is 7. The highest BCUT2D eigenvalue weighted by Crippen LogP contribution is 2.47. The van der Waals surface area contributed by atoms with Gasteiger partial charge in [0, 0.05) is 91.0 Å². The predicted octanol–water partition coefficient (Wildman–Crippen LogP) is 6.09. The highest BCUT2D eigenvalue weighted by atomic mass is 16.2. The standard InChI is InChI=1S/C39H34N12O2/c1-21-5-8-43-17-28(21)32-11-25-13-34(50-38(52)27-14-26(27)22-4-3-7-42-15-22)46-20-31(25)37(49-32)47-16-23-6-9-44-18-29(23)33-10-24-12-35(51-39(53)41-2)45-19-30(24)36(40)48-33/h3-13,15,17-20,26-27H,14,16H2,1-2H3,(H2,40,48)(H,47,49)(H,46,50,52)(H2,41,45,51,53)/t26-,27+/m0/s1. The minimum Gasteiger partial charge on any atom is -0.383 e. The number of nitrogens with one attached hydrogen (secondary N) is 4. The van der Waals surface area contributed by atoms with Crippen molar-refractivity contribution < 1.29 is 9.59 Å². The smallest absolute Gasteiger partial charge is 0.320 e. The van der Waals surface area contributed by atoms with Gasteiger partial charge in [0.1, 0.15) is 23.3 Å². The third-order valence-electron chi connectivity index (χ3n) is 9.37. The predicted molar refractivity (Wildman–Crippen MR) is 204 cm³/mol. The van der Waals surface area contributed by atoms with Gasteiger partial charge in [-0.2, -0.15) is 0 Å². The summed E-state index contributed by atoms with van der Waals surface area (Å²) in [7, 11) is 1.53. The molecule has 1 saturated carbocycles. The van der Waals surface area contributed by atoms with Gasteiger partial charge in [-0.05, 0) is 89.2 Å². The van der Waals surface area contributed by atoms with Gasteiger partial charge in [-0.15, -0.1) is 0 Å². The van der Waals surface area contributed by atoms with E-state index in [9.17, 15) is 9.59 Å². The Hall–Kier alpha value is -7.09. The number of fused-ring (bicyclic) bond motifs is 2.